The Hall–Kier alpha value is -1.75. The van der Waals surface area contributed by atoms with Crippen molar-refractivity contribution in [3.8, 4) is 0 Å². The van der Waals surface area contributed by atoms with E-state index in [4.69, 9.17) is 17.3 Å². The van der Waals surface area contributed by atoms with Crippen molar-refractivity contribution in [1.29, 1.82) is 0 Å². The summed E-state index contributed by atoms with van der Waals surface area (Å²) >= 11 is 6.01. The van der Waals surface area contributed by atoms with Crippen molar-refractivity contribution in [1.82, 2.24) is 10.2 Å². The fourth-order valence-corrected chi connectivity index (χ4v) is 3.94. The van der Waals surface area contributed by atoms with Crippen LogP contribution in [0, 0.1) is 5.92 Å². The minimum atomic E-state index is -0.213. The molecule has 1 aliphatic carbocycles. The fourth-order valence-electron chi connectivity index (χ4n) is 3.81. The van der Waals surface area contributed by atoms with Crippen molar-refractivity contribution < 1.29 is 4.79 Å². The van der Waals surface area contributed by atoms with Crippen LogP contribution in [0.1, 0.15) is 37.7 Å². The van der Waals surface area contributed by atoms with E-state index in [1.54, 1.807) is 0 Å². The van der Waals surface area contributed by atoms with Gasteiger partial charge in [-0.2, -0.15) is 0 Å². The van der Waals surface area contributed by atoms with Crippen molar-refractivity contribution in [2.75, 3.05) is 26.7 Å². The summed E-state index contributed by atoms with van der Waals surface area (Å²) in [7, 11) is 1.82. The van der Waals surface area contributed by atoms with Crippen LogP contribution in [0.4, 0.5) is 0 Å². The number of rotatable bonds is 5. The van der Waals surface area contributed by atoms with Crippen molar-refractivity contribution >= 4 is 23.5 Å². The van der Waals surface area contributed by atoms with E-state index in [0.29, 0.717) is 12.3 Å². The fraction of sp³-hybridized carbons (Fsp3) is 0.579. The smallest absolute Gasteiger partial charge is 0.217 e. The molecule has 1 aliphatic heterocycles. The molecule has 3 rings (SSSR count). The molecule has 0 radical (unpaired) electrons. The number of nitrogens with one attached hydrogen (secondary N) is 1. The molecular weight excluding hydrogens is 336 g/mol. The lowest BCUT2D eigenvalue weighted by Crippen LogP contribution is -2.48. The van der Waals surface area contributed by atoms with Gasteiger partial charge in [0.25, 0.3) is 0 Å². The van der Waals surface area contributed by atoms with Gasteiger partial charge >= 0.3 is 0 Å². The molecule has 2 fully saturated rings. The first-order chi connectivity index (χ1) is 12.0. The Labute approximate surface area is 154 Å². The molecular formula is C19H27ClN4O. The molecule has 0 spiro atoms. The summed E-state index contributed by atoms with van der Waals surface area (Å²) in [6.45, 7) is 2.69. The molecule has 1 aromatic carbocycles. The molecule has 136 valence electrons. The van der Waals surface area contributed by atoms with E-state index in [9.17, 15) is 4.79 Å². The zero-order valence-electron chi connectivity index (χ0n) is 14.8. The van der Waals surface area contributed by atoms with Gasteiger partial charge in [-0.3, -0.25) is 9.79 Å². The summed E-state index contributed by atoms with van der Waals surface area (Å²) in [6.07, 6.45) is 4.96. The molecule has 1 unspecified atom stereocenters. The van der Waals surface area contributed by atoms with Gasteiger partial charge in [-0.1, -0.05) is 23.7 Å². The number of primary amides is 1. The lowest BCUT2D eigenvalue weighted by molar-refractivity contribution is -0.119. The Balaban J connectivity index is 1.59. The standard InChI is InChI=1S/C19H27ClN4O/c1-22-18(24-10-2-3-14(12-24)11-17(21)25)23-13-19(8-9-19)15-4-6-16(20)7-5-15/h4-7,14H,2-3,8-13H2,1H3,(H2,21,25)(H,22,23). The van der Waals surface area contributed by atoms with Gasteiger partial charge in [0.05, 0.1) is 0 Å². The number of carbonyl (C=O) groups is 1. The van der Waals surface area contributed by atoms with Crippen LogP contribution >= 0.6 is 11.6 Å². The topological polar surface area (TPSA) is 70.7 Å². The average Bonchev–Trinajstić information content (AvgIpc) is 3.37. The number of hydrogen-bond acceptors (Lipinski definition) is 2. The number of amides is 1. The van der Waals surface area contributed by atoms with Crippen molar-refractivity contribution in [2.24, 2.45) is 16.6 Å². The summed E-state index contributed by atoms with van der Waals surface area (Å²) in [5, 5.41) is 4.33. The maximum Gasteiger partial charge on any atom is 0.217 e. The van der Waals surface area contributed by atoms with E-state index >= 15 is 0 Å². The van der Waals surface area contributed by atoms with E-state index in [-0.39, 0.29) is 11.3 Å². The SMILES string of the molecule is CN=C(NCC1(c2ccc(Cl)cc2)CC1)N1CCCC(CC(N)=O)C1. The highest BCUT2D eigenvalue weighted by Crippen LogP contribution is 2.47. The van der Waals surface area contributed by atoms with Crippen LogP contribution in [0.3, 0.4) is 0 Å². The minimum absolute atomic E-state index is 0.197. The predicted octanol–water partition coefficient (Wildman–Crippen LogP) is 2.53. The van der Waals surface area contributed by atoms with Crippen LogP contribution in [0.25, 0.3) is 0 Å². The van der Waals surface area contributed by atoms with Gasteiger partial charge in [-0.05, 0) is 49.3 Å². The number of guanidine groups is 1. The highest BCUT2D eigenvalue weighted by Gasteiger charge is 2.44. The van der Waals surface area contributed by atoms with Crippen molar-refractivity contribution in [2.45, 2.75) is 37.5 Å². The first-order valence-corrected chi connectivity index (χ1v) is 9.40. The average molecular weight is 363 g/mol. The van der Waals surface area contributed by atoms with Gasteiger partial charge < -0.3 is 16.0 Å². The van der Waals surface area contributed by atoms with Crippen molar-refractivity contribution in [3.63, 3.8) is 0 Å². The number of benzene rings is 1. The second-order valence-corrected chi connectivity index (χ2v) is 7.75. The molecule has 2 aliphatic rings. The maximum absolute atomic E-state index is 11.2. The van der Waals surface area contributed by atoms with Crippen LogP contribution in [0.15, 0.2) is 29.3 Å². The number of piperidine rings is 1. The predicted molar refractivity (Wildman–Crippen MR) is 102 cm³/mol. The summed E-state index contributed by atoms with van der Waals surface area (Å²) in [5.41, 5.74) is 6.90. The van der Waals surface area contributed by atoms with Gasteiger partial charge in [-0.25, -0.2) is 0 Å². The first kappa shape index (κ1) is 18.1. The quantitative estimate of drug-likeness (QED) is 0.624. The zero-order valence-corrected chi connectivity index (χ0v) is 15.6. The largest absolute Gasteiger partial charge is 0.370 e. The Morgan fingerprint density at radius 2 is 2.12 bits per heavy atom. The van der Waals surface area contributed by atoms with Crippen LogP contribution < -0.4 is 11.1 Å². The zero-order chi connectivity index (χ0) is 17.9. The maximum atomic E-state index is 11.2. The van der Waals surface area contributed by atoms with Crippen molar-refractivity contribution in [3.05, 3.63) is 34.9 Å². The van der Waals surface area contributed by atoms with Crippen LogP contribution in [0.5, 0.6) is 0 Å². The van der Waals surface area contributed by atoms with Gasteiger partial charge in [-0.15, -0.1) is 0 Å². The second-order valence-electron chi connectivity index (χ2n) is 7.31. The van der Waals surface area contributed by atoms with Crippen LogP contribution in [0.2, 0.25) is 5.02 Å². The summed E-state index contributed by atoms with van der Waals surface area (Å²) in [5.74, 6) is 1.04. The van der Waals surface area contributed by atoms with E-state index < -0.39 is 0 Å². The van der Waals surface area contributed by atoms with E-state index in [2.05, 4.69) is 27.3 Å². The Bertz CT molecular complexity index is 639. The minimum Gasteiger partial charge on any atom is -0.370 e. The summed E-state index contributed by atoms with van der Waals surface area (Å²) in [6, 6.07) is 8.18. The molecule has 3 N–H and O–H groups in total. The van der Waals surface area contributed by atoms with E-state index in [1.165, 1.54) is 18.4 Å². The lowest BCUT2D eigenvalue weighted by Gasteiger charge is -2.35. The molecule has 5 nitrogen and oxygen atoms in total. The Kier molecular flexibility index (Phi) is 5.52. The van der Waals surface area contributed by atoms with Gasteiger partial charge in [0.15, 0.2) is 5.96 Å². The second kappa shape index (κ2) is 7.65. The van der Waals surface area contributed by atoms with Crippen LogP contribution in [-0.4, -0.2) is 43.4 Å². The normalized spacial score (nSPS) is 22.6. The number of hydrogen-bond donors (Lipinski definition) is 2. The summed E-state index contributed by atoms with van der Waals surface area (Å²) < 4.78 is 0. The Morgan fingerprint density at radius 1 is 1.40 bits per heavy atom. The lowest BCUT2D eigenvalue weighted by atomic mass is 9.94. The number of nitrogens with zero attached hydrogens (tertiary/aromatic N) is 2. The molecule has 6 heteroatoms. The molecule has 0 bridgehead atoms. The number of nitrogens with two attached hydrogens (primary N) is 1. The number of aliphatic imine (C=N–C) groups is 1. The third-order valence-electron chi connectivity index (χ3n) is 5.42. The third kappa shape index (κ3) is 4.46. The van der Waals surface area contributed by atoms with Gasteiger partial charge in [0, 0.05) is 43.5 Å². The monoisotopic (exact) mass is 362 g/mol. The highest BCUT2D eigenvalue weighted by atomic mass is 35.5. The summed E-state index contributed by atoms with van der Waals surface area (Å²) in [4.78, 5) is 17.9. The molecule has 1 saturated carbocycles. The number of carbonyl (C=O) groups excluding carboxylic acids is 1. The van der Waals surface area contributed by atoms with Crippen LogP contribution in [-0.2, 0) is 10.2 Å². The molecule has 1 saturated heterocycles. The van der Waals surface area contributed by atoms with E-state index in [0.717, 1.165) is 43.5 Å². The van der Waals surface area contributed by atoms with E-state index in [1.807, 2.05) is 19.2 Å². The highest BCUT2D eigenvalue weighted by molar-refractivity contribution is 6.30. The first-order valence-electron chi connectivity index (χ1n) is 9.02. The van der Waals surface area contributed by atoms with Gasteiger partial charge in [0.2, 0.25) is 5.91 Å². The van der Waals surface area contributed by atoms with Gasteiger partial charge in [0.1, 0.15) is 0 Å². The number of halogens is 1. The molecule has 0 aromatic heterocycles. The molecule has 1 atom stereocenters. The molecule has 1 amide bonds. The number of likely N-dealkylation sites (tertiary alicyclic amines) is 1. The Morgan fingerprint density at radius 3 is 2.72 bits per heavy atom. The molecule has 1 aromatic rings. The molecule has 1 heterocycles. The third-order valence-corrected chi connectivity index (χ3v) is 5.67. The molecule has 25 heavy (non-hydrogen) atoms.